The summed E-state index contributed by atoms with van der Waals surface area (Å²) in [6.07, 6.45) is 0. The van der Waals surface area contributed by atoms with E-state index in [1.165, 1.54) is 36.4 Å². The fourth-order valence-corrected chi connectivity index (χ4v) is 2.33. The molecule has 9 heteroatoms. The van der Waals surface area contributed by atoms with Crippen LogP contribution in [0.15, 0.2) is 60.7 Å². The van der Waals surface area contributed by atoms with Gasteiger partial charge >= 0.3 is 26.2 Å². The van der Waals surface area contributed by atoms with Gasteiger partial charge in [0.05, 0.1) is 5.30 Å². The summed E-state index contributed by atoms with van der Waals surface area (Å²) in [5, 5.41) is -0.0926. The first-order valence-corrected chi connectivity index (χ1v) is 8.55. The molecule has 0 atom stereocenters. The first kappa shape index (κ1) is 20.9. The molecule has 0 aromatic heterocycles. The van der Waals surface area contributed by atoms with E-state index in [1.54, 1.807) is 24.3 Å². The molecule has 0 saturated heterocycles. The topological polar surface area (TPSA) is 133 Å². The summed E-state index contributed by atoms with van der Waals surface area (Å²) < 4.78 is 0. The van der Waals surface area contributed by atoms with Crippen molar-refractivity contribution in [1.29, 1.82) is 0 Å². The number of rotatable bonds is 2. The molecule has 0 aliphatic rings. The molecule has 21 heavy (non-hydrogen) atoms. The summed E-state index contributed by atoms with van der Waals surface area (Å²) in [4.78, 5) is 58.6. The molecular weight excluding hydrogens is 393 g/mol. The van der Waals surface area contributed by atoms with E-state index in [9.17, 15) is 19.6 Å². The average molecular weight is 405 g/mol. The van der Waals surface area contributed by atoms with E-state index in [2.05, 4.69) is 0 Å². The third-order valence-corrected chi connectivity index (χ3v) is 4.07. The fraction of sp³-hybridized carbons (Fsp3) is 0. The summed E-state index contributed by atoms with van der Waals surface area (Å²) in [7, 11) is -8.54. The van der Waals surface area contributed by atoms with Crippen LogP contribution in [0.1, 0.15) is 0 Å². The minimum absolute atomic E-state index is 0. The molecule has 0 spiro atoms. The van der Waals surface area contributed by atoms with Gasteiger partial charge in [-0.15, -0.1) is 7.94 Å². The molecule has 2 rings (SSSR count). The van der Waals surface area contributed by atoms with Gasteiger partial charge in [-0.1, -0.05) is 36.4 Å². The minimum atomic E-state index is -4.52. The van der Waals surface area contributed by atoms with Gasteiger partial charge in [0.15, 0.2) is 0 Å². The van der Waals surface area contributed by atoms with Crippen molar-refractivity contribution in [3.05, 3.63) is 60.7 Å². The molecule has 110 valence electrons. The van der Waals surface area contributed by atoms with Gasteiger partial charge in [0.2, 0.25) is 0 Å². The molecular formula is C12H12O6P2Zr. The molecule has 0 bridgehead atoms. The molecule has 6 nitrogen and oxygen atoms in total. The van der Waals surface area contributed by atoms with E-state index in [-0.39, 0.29) is 36.8 Å². The van der Waals surface area contributed by atoms with Crippen molar-refractivity contribution >= 4 is 26.5 Å². The van der Waals surface area contributed by atoms with Crippen LogP contribution in [0.3, 0.4) is 0 Å². The molecule has 0 saturated carbocycles. The monoisotopic (exact) mass is 404 g/mol. The van der Waals surface area contributed by atoms with E-state index in [1.807, 2.05) is 0 Å². The summed E-state index contributed by atoms with van der Waals surface area (Å²) in [5.41, 5.74) is 0. The number of hydrogen-bond acceptors (Lipinski definition) is 6. The Morgan fingerprint density at radius 2 is 0.952 bits per heavy atom. The number of benzene rings is 2. The smallest absolute Gasteiger partial charge is 0.684 e. The van der Waals surface area contributed by atoms with Gasteiger partial charge in [-0.25, -0.2) is 9.79 Å². The molecule has 0 radical (unpaired) electrons. The Hall–Kier alpha value is -0.0569. The first-order chi connectivity index (χ1) is 9.21. The van der Waals surface area contributed by atoms with Crippen LogP contribution in [-0.2, 0) is 26.2 Å². The standard InChI is InChI=1S/2C6H7O3P.Zr/c2*7-10(8,9)6-4-2-1-3-5-6;/h2*1-5H,(H2,7,8,9);/q;;+2/p-2. The minimum Gasteiger partial charge on any atom is -0.684 e. The van der Waals surface area contributed by atoms with Crippen molar-refractivity contribution < 1.29 is 55.6 Å². The normalized spacial score (nSPS) is 11.0. The first-order valence-electron chi connectivity index (χ1n) is 5.40. The quantitative estimate of drug-likeness (QED) is 0.534. The van der Waals surface area contributed by atoms with E-state index in [4.69, 9.17) is 9.79 Å². The molecule has 0 unspecified atom stereocenters. The zero-order chi connectivity index (χ0) is 15.2. The van der Waals surface area contributed by atoms with Gasteiger partial charge in [0.1, 0.15) is 5.30 Å². The second kappa shape index (κ2) is 9.17. The Kier molecular flexibility index (Phi) is 9.14. The van der Waals surface area contributed by atoms with Gasteiger partial charge in [-0.2, -0.15) is 0 Å². The zero-order valence-electron chi connectivity index (χ0n) is 10.7. The van der Waals surface area contributed by atoms with Gasteiger partial charge in [-0.3, -0.25) is 0 Å². The van der Waals surface area contributed by atoms with Crippen molar-refractivity contribution in [1.82, 2.24) is 0 Å². The predicted molar refractivity (Wildman–Crippen MR) is 70.4 cm³/mol. The van der Waals surface area contributed by atoms with Gasteiger partial charge < -0.3 is 19.6 Å². The maximum absolute atomic E-state index is 10.5. The van der Waals surface area contributed by atoms with Crippen molar-refractivity contribution in [2.24, 2.45) is 0 Å². The van der Waals surface area contributed by atoms with Crippen LogP contribution in [-0.4, -0.2) is 9.79 Å². The van der Waals surface area contributed by atoms with Gasteiger partial charge in [0, 0.05) is 0 Å². The zero-order valence-corrected chi connectivity index (χ0v) is 14.9. The Labute approximate surface area is 142 Å². The maximum atomic E-state index is 10.5. The number of hydrogen-bond donors (Lipinski definition) is 2. The van der Waals surface area contributed by atoms with E-state index in [0.29, 0.717) is 0 Å². The van der Waals surface area contributed by atoms with Crippen LogP contribution in [0.25, 0.3) is 0 Å². The van der Waals surface area contributed by atoms with Gasteiger partial charge in [0.25, 0.3) is 7.94 Å². The van der Waals surface area contributed by atoms with Crippen LogP contribution in [0.2, 0.25) is 0 Å². The van der Waals surface area contributed by atoms with Crippen molar-refractivity contribution in [3.8, 4) is 0 Å². The molecule has 0 aliphatic carbocycles. The Balaban J connectivity index is 0.000000364. The molecule has 2 aromatic rings. The Bertz CT molecular complexity index is 463. The second-order valence-corrected chi connectivity index (χ2v) is 6.83. The third kappa shape index (κ3) is 8.22. The second-order valence-electron chi connectivity index (χ2n) is 3.71. The molecule has 0 fully saturated rings. The molecule has 0 heterocycles. The van der Waals surface area contributed by atoms with Gasteiger partial charge in [-0.05, 0) is 24.3 Å². The predicted octanol–water partition coefficient (Wildman–Crippen LogP) is -2.43. The SMILES string of the molecule is [O-][P+](O)(O)c1ccccc1.[O-][P+]([O-])([O-])c1ccccc1.[Zr+2]. The van der Waals surface area contributed by atoms with Crippen molar-refractivity contribution in [2.45, 2.75) is 0 Å². The maximum Gasteiger partial charge on any atom is 2.00 e. The molecule has 0 amide bonds. The van der Waals surface area contributed by atoms with Crippen molar-refractivity contribution in [2.75, 3.05) is 0 Å². The van der Waals surface area contributed by atoms with Crippen LogP contribution < -0.4 is 30.2 Å². The largest absolute Gasteiger partial charge is 2.00 e. The average Bonchev–Trinajstić information content (AvgIpc) is 2.40. The van der Waals surface area contributed by atoms with Crippen LogP contribution in [0, 0.1) is 0 Å². The van der Waals surface area contributed by atoms with E-state index in [0.717, 1.165) is 0 Å². The van der Waals surface area contributed by atoms with Crippen LogP contribution in [0.5, 0.6) is 0 Å². The van der Waals surface area contributed by atoms with Crippen molar-refractivity contribution in [3.63, 3.8) is 0 Å². The third-order valence-electron chi connectivity index (χ3n) is 2.16. The Morgan fingerprint density at radius 1 is 0.619 bits per heavy atom. The Morgan fingerprint density at radius 3 is 1.14 bits per heavy atom. The molecule has 2 N–H and O–H groups in total. The van der Waals surface area contributed by atoms with Crippen LogP contribution in [0.4, 0.5) is 0 Å². The summed E-state index contributed by atoms with van der Waals surface area (Å²) in [6.45, 7) is 0. The van der Waals surface area contributed by atoms with E-state index >= 15 is 0 Å². The van der Waals surface area contributed by atoms with Crippen LogP contribution >= 0.6 is 15.9 Å². The van der Waals surface area contributed by atoms with E-state index < -0.39 is 15.9 Å². The molecule has 2 aromatic carbocycles. The summed E-state index contributed by atoms with van der Waals surface area (Å²) >= 11 is 0. The summed E-state index contributed by atoms with van der Waals surface area (Å²) in [6, 6.07) is 14.9. The fourth-order valence-electron chi connectivity index (χ4n) is 1.23. The summed E-state index contributed by atoms with van der Waals surface area (Å²) in [5.74, 6) is 0. The molecule has 0 aliphatic heterocycles.